The molecular formula is H2CuFeMnNiSn. The van der Waals surface area contributed by atoms with Gasteiger partial charge in [0.2, 0.25) is 0 Å². The molecule has 0 aromatic rings. The van der Waals surface area contributed by atoms with Gasteiger partial charge in [-0.3, -0.25) is 0 Å². The summed E-state index contributed by atoms with van der Waals surface area (Å²) >= 11 is 0. The Bertz CT molecular complexity index is 11.6. The molecular weight excluding hydrogens is 352 g/mol. The molecule has 0 aliphatic rings. The summed E-state index contributed by atoms with van der Waals surface area (Å²) in [5.74, 6) is 0. The molecule has 0 aliphatic heterocycles. The fourth-order valence-electron chi connectivity index (χ4n) is 0. The van der Waals surface area contributed by atoms with E-state index in [4.69, 9.17) is 0 Å². The summed E-state index contributed by atoms with van der Waals surface area (Å²) in [7, 11) is 0. The van der Waals surface area contributed by atoms with Crippen molar-refractivity contribution in [1.29, 1.82) is 0 Å². The van der Waals surface area contributed by atoms with E-state index in [1.165, 1.54) is 0 Å². The average Bonchev–Trinajstić information content (AvgIpc) is 0. The Morgan fingerprint density at radius 1 is 1.00 bits per heavy atom. The second-order valence-electron chi connectivity index (χ2n) is 0. The maximum absolute atomic E-state index is 0. The van der Waals surface area contributed by atoms with E-state index in [2.05, 4.69) is 0 Å². The van der Waals surface area contributed by atoms with Crippen molar-refractivity contribution < 1.29 is 67.7 Å². The van der Waals surface area contributed by atoms with E-state index in [1.54, 1.807) is 0 Å². The zero-order valence-corrected chi connectivity index (χ0v) is 10.3. The van der Waals surface area contributed by atoms with Gasteiger partial charge in [0.15, 0.2) is 0 Å². The minimum atomic E-state index is 0. The molecule has 0 nitrogen and oxygen atoms in total. The van der Waals surface area contributed by atoms with Crippen molar-refractivity contribution in [2.45, 2.75) is 0 Å². The molecule has 0 spiro atoms. The van der Waals surface area contributed by atoms with Crippen LogP contribution in [-0.2, 0) is 67.7 Å². The molecule has 0 aliphatic carbocycles. The van der Waals surface area contributed by atoms with E-state index in [1.807, 2.05) is 0 Å². The van der Waals surface area contributed by atoms with Crippen molar-refractivity contribution in [3.05, 3.63) is 0 Å². The van der Waals surface area contributed by atoms with Gasteiger partial charge in [-0.25, -0.2) is 0 Å². The first-order valence-corrected chi connectivity index (χ1v) is 0. The van der Waals surface area contributed by atoms with Crippen molar-refractivity contribution >= 4 is 23.9 Å². The van der Waals surface area contributed by atoms with Crippen LogP contribution >= 0.6 is 0 Å². The summed E-state index contributed by atoms with van der Waals surface area (Å²) < 4.78 is 0. The molecule has 0 fully saturated rings. The monoisotopic (exact) mass is 354 g/mol. The fraction of sp³-hybridized carbons (Fsp3) is 0. The molecule has 0 aromatic heterocycles. The first-order valence-electron chi connectivity index (χ1n) is 0. The topological polar surface area (TPSA) is 0 Å². The summed E-state index contributed by atoms with van der Waals surface area (Å²) in [5, 5.41) is 0. The first-order chi connectivity index (χ1) is 0. The molecule has 0 N–H and O–H groups in total. The number of rotatable bonds is 0. The van der Waals surface area contributed by atoms with Gasteiger partial charge in [0.25, 0.3) is 0 Å². The van der Waals surface area contributed by atoms with Crippen LogP contribution in [0.3, 0.4) is 0 Å². The molecule has 0 bridgehead atoms. The average molecular weight is 354 g/mol. The quantitative estimate of drug-likeness (QED) is 0.494. The van der Waals surface area contributed by atoms with Crippen molar-refractivity contribution in [3.63, 3.8) is 0 Å². The Balaban J connectivity index is 0. The second kappa shape index (κ2) is 28.9. The normalized spacial score (nSPS) is 0. The van der Waals surface area contributed by atoms with E-state index in [0.29, 0.717) is 0 Å². The third-order valence-corrected chi connectivity index (χ3v) is 0. The molecule has 0 saturated carbocycles. The zero-order valence-electron chi connectivity index (χ0n) is 2.06. The SMILES string of the molecule is [Cu].[Fe].[Mn].[Ni].[SnH2]. The molecule has 0 aromatic carbocycles. The third-order valence-electron chi connectivity index (χ3n) is 0. The van der Waals surface area contributed by atoms with Gasteiger partial charge in [0.1, 0.15) is 0 Å². The van der Waals surface area contributed by atoms with Crippen LogP contribution in [0.2, 0.25) is 0 Å². The molecule has 5 heavy (non-hydrogen) atoms. The standard InChI is InChI=1S/Cu.Fe.Mn.Ni.Sn.2H. The Morgan fingerprint density at radius 3 is 1.00 bits per heavy atom. The zero-order chi connectivity index (χ0) is 0. The predicted octanol–water partition coefficient (Wildman–Crippen LogP) is -0.926. The summed E-state index contributed by atoms with van der Waals surface area (Å²) in [5.41, 5.74) is 0. The van der Waals surface area contributed by atoms with Gasteiger partial charge in [-0.05, 0) is 0 Å². The fourth-order valence-corrected chi connectivity index (χ4v) is 0. The Hall–Kier alpha value is 2.85. The van der Waals surface area contributed by atoms with Crippen LogP contribution in [0.15, 0.2) is 0 Å². The van der Waals surface area contributed by atoms with Crippen molar-refractivity contribution in [2.24, 2.45) is 0 Å². The van der Waals surface area contributed by atoms with Crippen molar-refractivity contribution in [3.8, 4) is 0 Å². The van der Waals surface area contributed by atoms with Gasteiger partial charge in [-0.15, -0.1) is 0 Å². The third kappa shape index (κ3) is 19.8. The molecule has 0 unspecified atom stereocenters. The Labute approximate surface area is 90.3 Å². The van der Waals surface area contributed by atoms with Gasteiger partial charge < -0.3 is 0 Å². The van der Waals surface area contributed by atoms with Gasteiger partial charge in [0.05, 0.1) is 0 Å². The van der Waals surface area contributed by atoms with Gasteiger partial charge in [-0.2, -0.15) is 0 Å². The van der Waals surface area contributed by atoms with Crippen LogP contribution in [0.25, 0.3) is 0 Å². The van der Waals surface area contributed by atoms with Crippen LogP contribution in [0.5, 0.6) is 0 Å². The van der Waals surface area contributed by atoms with Crippen LogP contribution in [-0.4, -0.2) is 23.9 Å². The van der Waals surface area contributed by atoms with E-state index in [0.717, 1.165) is 0 Å². The molecule has 0 heterocycles. The number of hydrogen-bond acceptors (Lipinski definition) is 0. The minimum absolute atomic E-state index is 0. The first kappa shape index (κ1) is 45.3. The molecule has 0 rings (SSSR count). The van der Waals surface area contributed by atoms with Crippen molar-refractivity contribution in [2.75, 3.05) is 0 Å². The molecule has 5 heteroatoms. The summed E-state index contributed by atoms with van der Waals surface area (Å²) in [6.45, 7) is 0. The molecule has 0 atom stereocenters. The van der Waals surface area contributed by atoms with Crippen LogP contribution < -0.4 is 0 Å². The van der Waals surface area contributed by atoms with Crippen LogP contribution in [0.4, 0.5) is 0 Å². The summed E-state index contributed by atoms with van der Waals surface area (Å²) in [6, 6.07) is 0. The number of hydrogen-bond donors (Lipinski definition) is 0. The Kier molecular flexibility index (Phi) is 262. The van der Waals surface area contributed by atoms with Gasteiger partial charge >= 0.3 is 23.9 Å². The van der Waals surface area contributed by atoms with Gasteiger partial charge in [-0.1, -0.05) is 0 Å². The van der Waals surface area contributed by atoms with Gasteiger partial charge in [0, 0.05) is 67.7 Å². The molecule has 0 amide bonds. The van der Waals surface area contributed by atoms with E-state index >= 15 is 0 Å². The molecule has 42 valence electrons. The van der Waals surface area contributed by atoms with E-state index in [-0.39, 0.29) is 91.6 Å². The van der Waals surface area contributed by atoms with Crippen molar-refractivity contribution in [1.82, 2.24) is 0 Å². The van der Waals surface area contributed by atoms with Crippen LogP contribution in [0, 0.1) is 0 Å². The molecule has 0 saturated heterocycles. The maximum atomic E-state index is 0. The van der Waals surface area contributed by atoms with Crippen LogP contribution in [0.1, 0.15) is 0 Å². The van der Waals surface area contributed by atoms with E-state index < -0.39 is 0 Å². The summed E-state index contributed by atoms with van der Waals surface area (Å²) in [6.07, 6.45) is 0. The Morgan fingerprint density at radius 2 is 1.00 bits per heavy atom. The second-order valence-corrected chi connectivity index (χ2v) is 0. The molecule has 4 radical (unpaired) electrons. The predicted molar refractivity (Wildman–Crippen MR) is 8.54 cm³/mol. The van der Waals surface area contributed by atoms with E-state index in [9.17, 15) is 0 Å². The summed E-state index contributed by atoms with van der Waals surface area (Å²) in [4.78, 5) is 0.